The molecular weight excluding hydrogens is 226 g/mol. The third-order valence-corrected chi connectivity index (χ3v) is 2.20. The Kier molecular flexibility index (Phi) is 4.53. The molecule has 0 amide bonds. The van der Waals surface area contributed by atoms with Crippen LogP contribution in [0.1, 0.15) is 5.56 Å². The Balaban J connectivity index is 2.77. The highest BCUT2D eigenvalue weighted by Crippen LogP contribution is 2.27. The molecule has 1 aromatic carbocycles. The van der Waals surface area contributed by atoms with Crippen molar-refractivity contribution in [1.82, 2.24) is 10.7 Å². The van der Waals surface area contributed by atoms with E-state index in [0.717, 1.165) is 0 Å². The van der Waals surface area contributed by atoms with Crippen LogP contribution in [0.2, 0.25) is 0 Å². The van der Waals surface area contributed by atoms with Crippen molar-refractivity contribution in [2.75, 3.05) is 14.2 Å². The number of phenolic OH excluding ortho intramolecular Hbond substituents is 1. The number of hydrazone groups is 1. The minimum Gasteiger partial charge on any atom is -0.504 e. The molecule has 1 aromatic rings. The fraction of sp³-hybridized carbons (Fsp3) is 0.200. The molecule has 4 N–H and O–H groups in total. The van der Waals surface area contributed by atoms with Gasteiger partial charge in [-0.15, -0.1) is 10.5 Å². The van der Waals surface area contributed by atoms with Gasteiger partial charge < -0.3 is 15.2 Å². The number of rotatable bonds is 3. The molecule has 0 fully saturated rings. The lowest BCUT2D eigenvalue weighted by Crippen LogP contribution is -2.82. The van der Waals surface area contributed by atoms with Crippen LogP contribution in [0, 0.1) is 0 Å². The lowest BCUT2D eigenvalue weighted by molar-refractivity contribution is -0.500. The minimum absolute atomic E-state index is 0.0784. The fourth-order valence-electron chi connectivity index (χ4n) is 1.06. The first-order valence-corrected chi connectivity index (χ1v) is 5.02. The number of phenols is 1. The Bertz CT molecular complexity index is 407. The van der Waals surface area contributed by atoms with Crippen LogP contribution in [-0.4, -0.2) is 30.6 Å². The molecule has 0 aromatic heterocycles. The van der Waals surface area contributed by atoms with E-state index in [1.165, 1.54) is 7.11 Å². The number of ether oxygens (including phenoxy) is 1. The molecular formula is C10H14N3O2S+. The molecule has 86 valence electrons. The maximum absolute atomic E-state index is 9.74. The van der Waals surface area contributed by atoms with E-state index in [9.17, 15) is 5.11 Å². The van der Waals surface area contributed by atoms with E-state index >= 15 is 0 Å². The summed E-state index contributed by atoms with van der Waals surface area (Å²) in [7, 11) is 3.21. The van der Waals surface area contributed by atoms with Gasteiger partial charge in [0.25, 0.3) is 0 Å². The number of aromatic hydroxyl groups is 1. The van der Waals surface area contributed by atoms with E-state index in [2.05, 4.69) is 15.8 Å². The van der Waals surface area contributed by atoms with Crippen molar-refractivity contribution in [2.45, 2.75) is 0 Å². The number of hydrogen-bond acceptors (Lipinski definition) is 3. The predicted octanol–water partition coefficient (Wildman–Crippen LogP) is -1.09. The quantitative estimate of drug-likeness (QED) is 0.307. The normalized spacial score (nSPS) is 10.1. The Morgan fingerprint density at radius 3 is 2.94 bits per heavy atom. The molecule has 0 unspecified atom stereocenters. The zero-order valence-corrected chi connectivity index (χ0v) is 9.89. The second-order valence-electron chi connectivity index (χ2n) is 2.89. The van der Waals surface area contributed by atoms with E-state index in [-0.39, 0.29) is 5.75 Å². The minimum atomic E-state index is 0.0784. The van der Waals surface area contributed by atoms with E-state index < -0.39 is 0 Å². The Hall–Kier alpha value is -1.82. The lowest BCUT2D eigenvalue weighted by atomic mass is 10.2. The van der Waals surface area contributed by atoms with Gasteiger partial charge in [0.1, 0.15) is 0 Å². The molecule has 5 nitrogen and oxygen atoms in total. The molecule has 0 aliphatic carbocycles. The number of methoxy groups -OCH3 is 1. The van der Waals surface area contributed by atoms with Gasteiger partial charge in [0.15, 0.2) is 11.5 Å². The maximum Gasteiger partial charge on any atom is 0.223 e. The van der Waals surface area contributed by atoms with Gasteiger partial charge in [0.05, 0.1) is 12.7 Å². The zero-order valence-electron chi connectivity index (χ0n) is 9.07. The molecule has 16 heavy (non-hydrogen) atoms. The summed E-state index contributed by atoms with van der Waals surface area (Å²) in [6.07, 6.45) is 1.58. The first-order chi connectivity index (χ1) is 7.69. The zero-order chi connectivity index (χ0) is 12.0. The Morgan fingerprint density at radius 2 is 2.31 bits per heavy atom. The average Bonchev–Trinajstić information content (AvgIpc) is 2.31. The average molecular weight is 240 g/mol. The van der Waals surface area contributed by atoms with Gasteiger partial charge in [0.2, 0.25) is 11.3 Å². The van der Waals surface area contributed by atoms with Gasteiger partial charge in [-0.1, -0.05) is 6.07 Å². The summed E-state index contributed by atoms with van der Waals surface area (Å²) in [5.74, 6) is 0.501. The predicted molar refractivity (Wildman–Crippen MR) is 65.6 cm³/mol. The van der Waals surface area contributed by atoms with Crippen LogP contribution in [0.3, 0.4) is 0 Å². The van der Waals surface area contributed by atoms with Gasteiger partial charge in [0, 0.05) is 7.05 Å². The van der Waals surface area contributed by atoms with Gasteiger partial charge in [-0.05, 0) is 24.4 Å². The van der Waals surface area contributed by atoms with Gasteiger partial charge >= 0.3 is 0 Å². The largest absolute Gasteiger partial charge is 0.504 e. The smallest absolute Gasteiger partial charge is 0.223 e. The number of hydrazine groups is 1. The maximum atomic E-state index is 9.74. The van der Waals surface area contributed by atoms with Crippen LogP contribution >= 0.6 is 12.2 Å². The molecule has 0 heterocycles. The van der Waals surface area contributed by atoms with Gasteiger partial charge in [-0.25, -0.2) is 0 Å². The van der Waals surface area contributed by atoms with E-state index in [0.29, 0.717) is 16.4 Å². The molecule has 0 atom stereocenters. The van der Waals surface area contributed by atoms with Crippen LogP contribution in [0.4, 0.5) is 0 Å². The van der Waals surface area contributed by atoms with Crippen molar-refractivity contribution in [3.63, 3.8) is 0 Å². The highest BCUT2D eigenvalue weighted by molar-refractivity contribution is 7.80. The Labute approximate surface area is 99.1 Å². The van der Waals surface area contributed by atoms with Gasteiger partial charge in [-0.2, -0.15) is 0 Å². The highest BCUT2D eigenvalue weighted by Gasteiger charge is 2.06. The van der Waals surface area contributed by atoms with Crippen LogP contribution < -0.4 is 20.6 Å². The van der Waals surface area contributed by atoms with Crippen LogP contribution in [0.5, 0.6) is 11.5 Å². The summed E-state index contributed by atoms with van der Waals surface area (Å²) in [6, 6.07) is 5.20. The highest BCUT2D eigenvalue weighted by atomic mass is 32.1. The van der Waals surface area contributed by atoms with E-state index in [1.54, 1.807) is 31.5 Å². The molecule has 6 heteroatoms. The summed E-state index contributed by atoms with van der Waals surface area (Å²) in [4.78, 5) is 0. The SMILES string of the molecule is CNC(=S)N[NH+]=Cc1cccc(OC)c1O. The summed E-state index contributed by atoms with van der Waals surface area (Å²) in [5.41, 5.74) is 3.31. The molecule has 0 aliphatic rings. The summed E-state index contributed by atoms with van der Waals surface area (Å²) >= 11 is 4.86. The van der Waals surface area contributed by atoms with Gasteiger partial charge in [-0.3, -0.25) is 0 Å². The first-order valence-electron chi connectivity index (χ1n) is 4.61. The molecule has 1 rings (SSSR count). The molecule has 0 bridgehead atoms. The number of benzene rings is 1. The Morgan fingerprint density at radius 1 is 1.56 bits per heavy atom. The van der Waals surface area contributed by atoms with Crippen molar-refractivity contribution in [2.24, 2.45) is 0 Å². The van der Waals surface area contributed by atoms with Crippen molar-refractivity contribution >= 4 is 23.5 Å². The summed E-state index contributed by atoms with van der Waals surface area (Å²) in [5, 5.41) is 15.7. The topological polar surface area (TPSA) is 67.5 Å². The standard InChI is InChI=1S/C10H13N3O2S/c1-11-10(16)13-12-6-7-4-3-5-8(15-2)9(7)14/h3-6,14H,1-2H3,(H2,11,13,16)/p+1. The second-order valence-corrected chi connectivity index (χ2v) is 3.30. The number of para-hydroxylation sites is 1. The molecule has 0 aliphatic heterocycles. The molecule has 0 radical (unpaired) electrons. The third-order valence-electron chi connectivity index (χ3n) is 1.89. The fourth-order valence-corrected chi connectivity index (χ4v) is 1.12. The van der Waals surface area contributed by atoms with Crippen molar-refractivity contribution < 1.29 is 14.9 Å². The first kappa shape index (κ1) is 12.3. The van der Waals surface area contributed by atoms with Crippen molar-refractivity contribution in [3.8, 4) is 11.5 Å². The summed E-state index contributed by atoms with van der Waals surface area (Å²) in [6.45, 7) is 0. The van der Waals surface area contributed by atoms with Crippen molar-refractivity contribution in [1.29, 1.82) is 0 Å². The van der Waals surface area contributed by atoms with E-state index in [1.807, 2.05) is 0 Å². The number of nitrogens with one attached hydrogen (secondary N) is 3. The van der Waals surface area contributed by atoms with Crippen LogP contribution in [0.15, 0.2) is 18.2 Å². The number of thiocarbonyl (C=S) groups is 1. The lowest BCUT2D eigenvalue weighted by Gasteiger charge is -2.03. The second kappa shape index (κ2) is 5.92. The van der Waals surface area contributed by atoms with Crippen LogP contribution in [-0.2, 0) is 0 Å². The van der Waals surface area contributed by atoms with Crippen molar-refractivity contribution in [3.05, 3.63) is 23.8 Å². The van der Waals surface area contributed by atoms with Crippen LogP contribution in [0.25, 0.3) is 0 Å². The molecule has 0 spiro atoms. The molecule has 0 saturated heterocycles. The molecule has 0 saturated carbocycles. The monoisotopic (exact) mass is 240 g/mol. The third kappa shape index (κ3) is 3.09. The van der Waals surface area contributed by atoms with E-state index in [4.69, 9.17) is 17.0 Å². The summed E-state index contributed by atoms with van der Waals surface area (Å²) < 4.78 is 4.98. The number of hydrogen-bond donors (Lipinski definition) is 4.